The molecule has 0 aliphatic carbocycles. The fourth-order valence-corrected chi connectivity index (χ4v) is 2.40. The van der Waals surface area contributed by atoms with Gasteiger partial charge >= 0.3 is 0 Å². The Bertz CT molecular complexity index is 582. The minimum absolute atomic E-state index is 0.596. The number of nitrogens with one attached hydrogen (secondary N) is 1. The molecule has 0 radical (unpaired) electrons. The third-order valence-electron chi connectivity index (χ3n) is 3.42. The minimum Gasteiger partial charge on any atom is -0.495 e. The molecule has 0 bridgehead atoms. The Morgan fingerprint density at radius 2 is 1.95 bits per heavy atom. The topological polar surface area (TPSA) is 50.3 Å². The Morgan fingerprint density at radius 1 is 1.15 bits per heavy atom. The Hall–Kier alpha value is -2.30. The van der Waals surface area contributed by atoms with Gasteiger partial charge in [-0.2, -0.15) is 4.98 Å². The maximum Gasteiger partial charge on any atom is 0.229 e. The Balaban J connectivity index is 1.82. The lowest BCUT2D eigenvalue weighted by molar-refractivity contribution is 0.417. The number of hydrogen-bond donors (Lipinski definition) is 1. The second-order valence-corrected chi connectivity index (χ2v) is 4.76. The van der Waals surface area contributed by atoms with Crippen LogP contribution in [0.15, 0.2) is 36.5 Å². The van der Waals surface area contributed by atoms with Crippen LogP contribution in [-0.4, -0.2) is 30.2 Å². The van der Waals surface area contributed by atoms with Gasteiger partial charge in [0.15, 0.2) is 0 Å². The van der Waals surface area contributed by atoms with Crippen molar-refractivity contribution in [3.8, 4) is 5.75 Å². The van der Waals surface area contributed by atoms with Crippen molar-refractivity contribution in [1.29, 1.82) is 0 Å². The molecule has 5 heteroatoms. The summed E-state index contributed by atoms with van der Waals surface area (Å²) in [6.07, 6.45) is 4.26. The molecular weight excluding hydrogens is 252 g/mol. The molecular formula is C15H18N4O. The van der Waals surface area contributed by atoms with Crippen molar-refractivity contribution >= 4 is 17.5 Å². The van der Waals surface area contributed by atoms with Crippen LogP contribution in [0.5, 0.6) is 5.75 Å². The molecule has 0 saturated carbocycles. The lowest BCUT2D eigenvalue weighted by Crippen LogP contribution is -2.19. The maximum atomic E-state index is 5.32. The Labute approximate surface area is 118 Å². The number of hydrogen-bond acceptors (Lipinski definition) is 5. The Kier molecular flexibility index (Phi) is 3.67. The second-order valence-electron chi connectivity index (χ2n) is 4.76. The first kappa shape index (κ1) is 12.7. The molecule has 104 valence electrons. The van der Waals surface area contributed by atoms with Gasteiger partial charge in [0.1, 0.15) is 11.6 Å². The van der Waals surface area contributed by atoms with Crippen LogP contribution in [0, 0.1) is 0 Å². The highest BCUT2D eigenvalue weighted by Crippen LogP contribution is 2.26. The maximum absolute atomic E-state index is 5.32. The van der Waals surface area contributed by atoms with E-state index in [-0.39, 0.29) is 0 Å². The summed E-state index contributed by atoms with van der Waals surface area (Å²) in [4.78, 5) is 11.1. The van der Waals surface area contributed by atoms with Crippen LogP contribution < -0.4 is 15.0 Å². The third kappa shape index (κ3) is 2.66. The van der Waals surface area contributed by atoms with Crippen LogP contribution in [0.3, 0.4) is 0 Å². The highest BCUT2D eigenvalue weighted by molar-refractivity contribution is 5.63. The fourth-order valence-electron chi connectivity index (χ4n) is 2.40. The van der Waals surface area contributed by atoms with Gasteiger partial charge in [-0.1, -0.05) is 12.1 Å². The van der Waals surface area contributed by atoms with E-state index in [1.165, 1.54) is 12.8 Å². The average molecular weight is 270 g/mol. The lowest BCUT2D eigenvalue weighted by atomic mass is 10.3. The molecule has 0 atom stereocenters. The van der Waals surface area contributed by atoms with Crippen molar-refractivity contribution < 1.29 is 4.74 Å². The molecule has 1 aliphatic rings. The molecule has 20 heavy (non-hydrogen) atoms. The van der Waals surface area contributed by atoms with Gasteiger partial charge in [-0.05, 0) is 31.0 Å². The molecule has 2 aromatic rings. The zero-order valence-corrected chi connectivity index (χ0v) is 11.5. The van der Waals surface area contributed by atoms with Crippen molar-refractivity contribution in [3.05, 3.63) is 36.5 Å². The number of ether oxygens (including phenoxy) is 1. The van der Waals surface area contributed by atoms with Crippen molar-refractivity contribution in [1.82, 2.24) is 9.97 Å². The summed E-state index contributed by atoms with van der Waals surface area (Å²) in [6.45, 7) is 2.15. The first-order valence-corrected chi connectivity index (χ1v) is 6.85. The number of anilines is 3. The van der Waals surface area contributed by atoms with E-state index in [1.54, 1.807) is 13.3 Å². The molecule has 3 rings (SSSR count). The average Bonchev–Trinajstić information content (AvgIpc) is 3.02. The molecule has 5 nitrogen and oxygen atoms in total. The molecule has 1 saturated heterocycles. The zero-order chi connectivity index (χ0) is 13.8. The van der Waals surface area contributed by atoms with Gasteiger partial charge in [0.25, 0.3) is 0 Å². The molecule has 1 aliphatic heterocycles. The van der Waals surface area contributed by atoms with Gasteiger partial charge in [0.2, 0.25) is 5.95 Å². The standard InChI is InChI=1S/C15H18N4O/c1-20-13-7-3-2-6-12(13)17-15-16-9-8-14(18-15)19-10-4-5-11-19/h2-3,6-9H,4-5,10-11H2,1H3,(H,16,17,18). The molecule has 0 spiro atoms. The molecule has 1 N–H and O–H groups in total. The normalized spacial score (nSPS) is 14.3. The predicted octanol–water partition coefficient (Wildman–Crippen LogP) is 2.83. The first-order valence-electron chi connectivity index (χ1n) is 6.85. The molecule has 1 aromatic heterocycles. The van der Waals surface area contributed by atoms with Gasteiger partial charge in [0, 0.05) is 19.3 Å². The van der Waals surface area contributed by atoms with Gasteiger partial charge in [-0.15, -0.1) is 0 Å². The first-order chi connectivity index (χ1) is 9.86. The van der Waals surface area contributed by atoms with Crippen LogP contribution in [-0.2, 0) is 0 Å². The van der Waals surface area contributed by atoms with Crippen molar-refractivity contribution in [3.63, 3.8) is 0 Å². The van der Waals surface area contributed by atoms with Crippen LogP contribution >= 0.6 is 0 Å². The number of aromatic nitrogens is 2. The minimum atomic E-state index is 0.596. The zero-order valence-electron chi connectivity index (χ0n) is 11.5. The molecule has 1 aromatic carbocycles. The second kappa shape index (κ2) is 5.77. The van der Waals surface area contributed by atoms with Crippen molar-refractivity contribution in [2.24, 2.45) is 0 Å². The number of para-hydroxylation sites is 2. The molecule has 0 amide bonds. The molecule has 2 heterocycles. The summed E-state index contributed by atoms with van der Waals surface area (Å²) < 4.78 is 5.32. The van der Waals surface area contributed by atoms with Gasteiger partial charge in [-0.3, -0.25) is 0 Å². The summed E-state index contributed by atoms with van der Waals surface area (Å²) in [5, 5.41) is 3.21. The van der Waals surface area contributed by atoms with Crippen molar-refractivity contribution in [2.75, 3.05) is 30.4 Å². The highest BCUT2D eigenvalue weighted by atomic mass is 16.5. The number of benzene rings is 1. The smallest absolute Gasteiger partial charge is 0.229 e. The molecule has 0 unspecified atom stereocenters. The van der Waals surface area contributed by atoms with E-state index < -0.39 is 0 Å². The van der Waals surface area contributed by atoms with E-state index in [9.17, 15) is 0 Å². The highest BCUT2D eigenvalue weighted by Gasteiger charge is 2.14. The Morgan fingerprint density at radius 3 is 2.75 bits per heavy atom. The van der Waals surface area contributed by atoms with E-state index in [0.717, 1.165) is 30.3 Å². The SMILES string of the molecule is COc1ccccc1Nc1nccc(N2CCCC2)n1. The van der Waals surface area contributed by atoms with E-state index in [1.807, 2.05) is 30.3 Å². The number of nitrogens with zero attached hydrogens (tertiary/aromatic N) is 3. The fraction of sp³-hybridized carbons (Fsp3) is 0.333. The van der Waals surface area contributed by atoms with Gasteiger partial charge in [0.05, 0.1) is 12.8 Å². The number of methoxy groups -OCH3 is 1. The van der Waals surface area contributed by atoms with Crippen LogP contribution in [0.2, 0.25) is 0 Å². The largest absolute Gasteiger partial charge is 0.495 e. The van der Waals surface area contributed by atoms with Gasteiger partial charge < -0.3 is 15.0 Å². The van der Waals surface area contributed by atoms with E-state index in [4.69, 9.17) is 4.74 Å². The van der Waals surface area contributed by atoms with Gasteiger partial charge in [-0.25, -0.2) is 4.98 Å². The summed E-state index contributed by atoms with van der Waals surface area (Å²) in [5.74, 6) is 2.36. The third-order valence-corrected chi connectivity index (χ3v) is 3.42. The van der Waals surface area contributed by atoms with E-state index >= 15 is 0 Å². The van der Waals surface area contributed by atoms with Crippen molar-refractivity contribution in [2.45, 2.75) is 12.8 Å². The molecule has 1 fully saturated rings. The van der Waals surface area contributed by atoms with Crippen LogP contribution in [0.1, 0.15) is 12.8 Å². The summed E-state index contributed by atoms with van der Waals surface area (Å²) in [5.41, 5.74) is 0.869. The summed E-state index contributed by atoms with van der Waals surface area (Å²) in [7, 11) is 1.65. The van der Waals surface area contributed by atoms with Crippen LogP contribution in [0.25, 0.3) is 0 Å². The lowest BCUT2D eigenvalue weighted by Gasteiger charge is -2.17. The quantitative estimate of drug-likeness (QED) is 0.925. The van der Waals surface area contributed by atoms with Crippen LogP contribution in [0.4, 0.5) is 17.5 Å². The monoisotopic (exact) mass is 270 g/mol. The summed E-state index contributed by atoms with van der Waals surface area (Å²) in [6, 6.07) is 9.71. The number of rotatable bonds is 4. The van der Waals surface area contributed by atoms with E-state index in [0.29, 0.717) is 5.95 Å². The summed E-state index contributed by atoms with van der Waals surface area (Å²) >= 11 is 0. The van der Waals surface area contributed by atoms with E-state index in [2.05, 4.69) is 20.2 Å². The predicted molar refractivity (Wildman–Crippen MR) is 79.8 cm³/mol.